The number of hydrogen-bond acceptors (Lipinski definition) is 2. The lowest BCUT2D eigenvalue weighted by atomic mass is 10.2. The number of aliphatic imine (C=N–C) groups is 1. The molecule has 0 radical (unpaired) electrons. The number of amides is 1. The van der Waals surface area contributed by atoms with Gasteiger partial charge in [0.15, 0.2) is 0 Å². The van der Waals surface area contributed by atoms with Gasteiger partial charge in [-0.3, -0.25) is 9.18 Å². The van der Waals surface area contributed by atoms with Crippen molar-refractivity contribution in [1.29, 1.82) is 0 Å². The minimum Gasteiger partial charge on any atom is -0.366 e. The van der Waals surface area contributed by atoms with Gasteiger partial charge >= 0.3 is 0 Å². The molecule has 5 heteroatoms. The van der Waals surface area contributed by atoms with Crippen molar-refractivity contribution in [1.82, 2.24) is 9.80 Å². The summed E-state index contributed by atoms with van der Waals surface area (Å²) in [5.74, 6) is 0.589. The Bertz CT molecular complexity index is 386. The molecule has 0 aromatic heterocycles. The quantitative estimate of drug-likeness (QED) is 0.422. The molecule has 0 saturated carbocycles. The summed E-state index contributed by atoms with van der Waals surface area (Å²) in [7, 11) is 5.43. The summed E-state index contributed by atoms with van der Waals surface area (Å²) in [6, 6.07) is 0. The smallest absolute Gasteiger partial charge is 0.229 e. The molecule has 19 heavy (non-hydrogen) atoms. The molecule has 0 aromatic rings. The van der Waals surface area contributed by atoms with Crippen molar-refractivity contribution < 1.29 is 9.18 Å². The van der Waals surface area contributed by atoms with Crippen LogP contribution in [0.5, 0.6) is 0 Å². The molecule has 0 spiro atoms. The third-order valence-corrected chi connectivity index (χ3v) is 2.76. The van der Waals surface area contributed by atoms with Crippen molar-refractivity contribution in [2.24, 2.45) is 4.99 Å². The number of hydrogen-bond donors (Lipinski definition) is 0. The zero-order valence-corrected chi connectivity index (χ0v) is 12.5. The minimum absolute atomic E-state index is 0.0969. The standard InChI is InChI=1S/C14H24FN3O/c1-7-13(18(6)14(19)8-9-15)10-11(2)16-12(3)17(4)5/h10H,2,7-9H2,1,3-6H3/b13-10+,16-12-. The van der Waals surface area contributed by atoms with Crippen LogP contribution < -0.4 is 0 Å². The van der Waals surface area contributed by atoms with Crippen molar-refractivity contribution in [3.8, 4) is 0 Å². The first-order chi connectivity index (χ1) is 8.83. The van der Waals surface area contributed by atoms with E-state index in [0.29, 0.717) is 12.1 Å². The monoisotopic (exact) mass is 269 g/mol. The zero-order chi connectivity index (χ0) is 15.0. The molecule has 0 atom stereocenters. The Morgan fingerprint density at radius 1 is 1.37 bits per heavy atom. The average molecular weight is 269 g/mol. The molecule has 1 amide bonds. The van der Waals surface area contributed by atoms with Crippen LogP contribution in [0.4, 0.5) is 4.39 Å². The van der Waals surface area contributed by atoms with Crippen LogP contribution in [0.15, 0.2) is 29.0 Å². The number of rotatable bonds is 6. The van der Waals surface area contributed by atoms with Crippen LogP contribution in [0.25, 0.3) is 0 Å². The van der Waals surface area contributed by atoms with Crippen molar-refractivity contribution in [3.63, 3.8) is 0 Å². The van der Waals surface area contributed by atoms with Crippen LogP contribution in [0.1, 0.15) is 26.7 Å². The van der Waals surface area contributed by atoms with Crippen LogP contribution in [0.3, 0.4) is 0 Å². The number of carbonyl (C=O) groups excluding carboxylic acids is 1. The highest BCUT2D eigenvalue weighted by atomic mass is 19.1. The summed E-state index contributed by atoms with van der Waals surface area (Å²) in [4.78, 5) is 19.3. The SMILES string of the molecule is C=C(/C=C(\CC)N(C)C(=O)CCF)/N=C(/C)N(C)C. The van der Waals surface area contributed by atoms with E-state index >= 15 is 0 Å². The maximum atomic E-state index is 12.2. The molecule has 0 aromatic carbocycles. The molecule has 4 nitrogen and oxygen atoms in total. The molecular weight excluding hydrogens is 245 g/mol. The lowest BCUT2D eigenvalue weighted by molar-refractivity contribution is -0.128. The predicted octanol–water partition coefficient (Wildman–Crippen LogP) is 2.59. The van der Waals surface area contributed by atoms with E-state index in [1.54, 1.807) is 13.1 Å². The summed E-state index contributed by atoms with van der Waals surface area (Å²) < 4.78 is 12.2. The Morgan fingerprint density at radius 3 is 2.37 bits per heavy atom. The van der Waals surface area contributed by atoms with Crippen LogP contribution in [-0.2, 0) is 4.79 Å². The molecule has 0 aliphatic carbocycles. The van der Waals surface area contributed by atoms with E-state index in [-0.39, 0.29) is 12.3 Å². The third-order valence-electron chi connectivity index (χ3n) is 2.76. The Labute approximate surface area is 115 Å². The highest BCUT2D eigenvalue weighted by molar-refractivity contribution is 5.80. The van der Waals surface area contributed by atoms with Crippen LogP contribution in [0.2, 0.25) is 0 Å². The van der Waals surface area contributed by atoms with Gasteiger partial charge in [0, 0.05) is 26.8 Å². The number of allylic oxidation sites excluding steroid dienone is 2. The Morgan fingerprint density at radius 2 is 1.95 bits per heavy atom. The predicted molar refractivity (Wildman–Crippen MR) is 77.7 cm³/mol. The van der Waals surface area contributed by atoms with Gasteiger partial charge in [-0.1, -0.05) is 13.5 Å². The fraction of sp³-hybridized carbons (Fsp3) is 0.571. The number of amidine groups is 1. The van der Waals surface area contributed by atoms with Crippen molar-refractivity contribution in [3.05, 3.63) is 24.0 Å². The zero-order valence-electron chi connectivity index (χ0n) is 12.5. The van der Waals surface area contributed by atoms with Gasteiger partial charge in [-0.05, 0) is 19.4 Å². The molecule has 0 aliphatic heterocycles. The minimum atomic E-state index is -0.640. The lowest BCUT2D eigenvalue weighted by Crippen LogP contribution is -2.26. The summed E-state index contributed by atoms with van der Waals surface area (Å²) in [6.07, 6.45) is 2.31. The van der Waals surface area contributed by atoms with Crippen molar-refractivity contribution in [2.45, 2.75) is 26.7 Å². The Balaban J connectivity index is 4.95. The normalized spacial score (nSPS) is 12.3. The van der Waals surface area contributed by atoms with Crippen LogP contribution in [-0.4, -0.2) is 49.4 Å². The molecule has 0 aliphatic rings. The third kappa shape index (κ3) is 6.18. The highest BCUT2D eigenvalue weighted by Gasteiger charge is 2.11. The fourth-order valence-electron chi connectivity index (χ4n) is 1.38. The number of halogens is 1. The van der Waals surface area contributed by atoms with Gasteiger partial charge in [0.25, 0.3) is 0 Å². The van der Waals surface area contributed by atoms with Crippen LogP contribution >= 0.6 is 0 Å². The first-order valence-electron chi connectivity index (χ1n) is 6.28. The van der Waals surface area contributed by atoms with Gasteiger partial charge in [0.1, 0.15) is 5.84 Å². The maximum absolute atomic E-state index is 12.2. The summed E-state index contributed by atoms with van der Waals surface area (Å²) >= 11 is 0. The fourth-order valence-corrected chi connectivity index (χ4v) is 1.38. The Kier molecular flexibility index (Phi) is 7.72. The molecule has 0 fully saturated rings. The van der Waals surface area contributed by atoms with Gasteiger partial charge in [-0.2, -0.15) is 0 Å². The van der Waals surface area contributed by atoms with Crippen LogP contribution in [0, 0.1) is 0 Å². The van der Waals surface area contributed by atoms with E-state index < -0.39 is 6.67 Å². The highest BCUT2D eigenvalue weighted by Crippen LogP contribution is 2.12. The molecule has 0 N–H and O–H groups in total. The van der Waals surface area contributed by atoms with Gasteiger partial charge in [-0.15, -0.1) is 0 Å². The molecule has 0 rings (SSSR count). The van der Waals surface area contributed by atoms with Crippen molar-refractivity contribution in [2.75, 3.05) is 27.8 Å². The van der Waals surface area contributed by atoms with Gasteiger partial charge < -0.3 is 9.80 Å². The van der Waals surface area contributed by atoms with Gasteiger partial charge in [0.2, 0.25) is 5.91 Å². The number of nitrogens with zero attached hydrogens (tertiary/aromatic N) is 3. The van der Waals surface area contributed by atoms with E-state index in [4.69, 9.17) is 0 Å². The first-order valence-corrected chi connectivity index (χ1v) is 6.28. The molecule has 0 saturated heterocycles. The topological polar surface area (TPSA) is 35.9 Å². The maximum Gasteiger partial charge on any atom is 0.229 e. The second-order valence-corrected chi connectivity index (χ2v) is 4.43. The molecule has 0 bridgehead atoms. The molecule has 0 heterocycles. The van der Waals surface area contributed by atoms with E-state index in [1.165, 1.54) is 4.90 Å². The molecule has 0 unspecified atom stereocenters. The first kappa shape index (κ1) is 17.4. The van der Waals surface area contributed by atoms with E-state index in [9.17, 15) is 9.18 Å². The molecular formula is C14H24FN3O. The largest absolute Gasteiger partial charge is 0.366 e. The van der Waals surface area contributed by atoms with Gasteiger partial charge in [0.05, 0.1) is 18.8 Å². The van der Waals surface area contributed by atoms with E-state index in [2.05, 4.69) is 11.6 Å². The molecule has 108 valence electrons. The second kappa shape index (κ2) is 8.45. The average Bonchev–Trinajstić information content (AvgIpc) is 2.35. The van der Waals surface area contributed by atoms with E-state index in [1.807, 2.05) is 32.8 Å². The second-order valence-electron chi connectivity index (χ2n) is 4.43. The van der Waals surface area contributed by atoms with Gasteiger partial charge in [-0.25, -0.2) is 4.99 Å². The number of alkyl halides is 1. The van der Waals surface area contributed by atoms with E-state index in [0.717, 1.165) is 11.5 Å². The summed E-state index contributed by atoms with van der Waals surface area (Å²) in [5, 5.41) is 0. The lowest BCUT2D eigenvalue weighted by Gasteiger charge is -2.19. The van der Waals surface area contributed by atoms with Crippen molar-refractivity contribution >= 4 is 11.7 Å². The summed E-state index contributed by atoms with van der Waals surface area (Å²) in [5.41, 5.74) is 1.35. The number of carbonyl (C=O) groups is 1. The summed E-state index contributed by atoms with van der Waals surface area (Å²) in [6.45, 7) is 7.02. The Hall–Kier alpha value is -1.65.